The van der Waals surface area contributed by atoms with Gasteiger partial charge >= 0.3 is 0 Å². The standard InChI is InChI=1S/C10H16O2/c1-9(2)8-6-4-10(8,3)5-7(11-6)12-9/h6-8H,4-5H2,1-3H3/t6?,7-,8+,10-/m1/s1. The van der Waals surface area contributed by atoms with Gasteiger partial charge in [0.15, 0.2) is 6.29 Å². The molecule has 2 nitrogen and oxygen atoms in total. The molecule has 5 aliphatic rings. The lowest BCUT2D eigenvalue weighted by atomic mass is 9.50. The van der Waals surface area contributed by atoms with Crippen LogP contribution in [0.4, 0.5) is 0 Å². The molecule has 68 valence electrons. The van der Waals surface area contributed by atoms with Crippen molar-refractivity contribution in [2.24, 2.45) is 11.3 Å². The maximum Gasteiger partial charge on any atom is 0.159 e. The Labute approximate surface area is 73.2 Å². The van der Waals surface area contributed by atoms with Crippen LogP contribution in [0.25, 0.3) is 0 Å². The zero-order valence-corrected chi connectivity index (χ0v) is 7.96. The number of ether oxygens (including phenoxy) is 2. The Bertz CT molecular complexity index is 220. The van der Waals surface area contributed by atoms with Crippen molar-refractivity contribution in [2.45, 2.75) is 51.6 Å². The van der Waals surface area contributed by atoms with Gasteiger partial charge in [-0.05, 0) is 25.7 Å². The average molecular weight is 168 g/mol. The SMILES string of the molecule is CC1(C)O[C@@H]2C[C@@]3(C)CC(O2)[C@@H]13. The van der Waals surface area contributed by atoms with E-state index in [9.17, 15) is 0 Å². The lowest BCUT2D eigenvalue weighted by Crippen LogP contribution is -2.71. The third kappa shape index (κ3) is 0.647. The molecule has 5 rings (SSSR count). The van der Waals surface area contributed by atoms with Crippen LogP contribution in [0.15, 0.2) is 0 Å². The molecule has 1 aliphatic carbocycles. The smallest absolute Gasteiger partial charge is 0.159 e. The van der Waals surface area contributed by atoms with E-state index < -0.39 is 0 Å². The summed E-state index contributed by atoms with van der Waals surface area (Å²) >= 11 is 0. The van der Waals surface area contributed by atoms with Crippen LogP contribution < -0.4 is 0 Å². The van der Waals surface area contributed by atoms with Gasteiger partial charge in [0.1, 0.15) is 0 Å². The summed E-state index contributed by atoms with van der Waals surface area (Å²) in [5.74, 6) is 0.634. The summed E-state index contributed by atoms with van der Waals surface area (Å²) < 4.78 is 11.5. The first-order chi connectivity index (χ1) is 5.51. The van der Waals surface area contributed by atoms with Gasteiger partial charge in [-0.25, -0.2) is 0 Å². The molecule has 0 spiro atoms. The molecule has 4 heterocycles. The van der Waals surface area contributed by atoms with Crippen molar-refractivity contribution in [3.63, 3.8) is 0 Å². The Balaban J connectivity index is 2.01. The number of fused-ring (bicyclic) bond motifs is 1. The first kappa shape index (κ1) is 7.34. The highest BCUT2D eigenvalue weighted by atomic mass is 16.7. The van der Waals surface area contributed by atoms with Gasteiger partial charge in [-0.2, -0.15) is 0 Å². The first-order valence-electron chi connectivity index (χ1n) is 4.85. The quantitative estimate of drug-likeness (QED) is 0.550. The van der Waals surface area contributed by atoms with Crippen molar-refractivity contribution >= 4 is 0 Å². The van der Waals surface area contributed by atoms with Crippen LogP contribution in [0.5, 0.6) is 0 Å². The summed E-state index contributed by atoms with van der Waals surface area (Å²) in [4.78, 5) is 0. The minimum atomic E-state index is 0.0544. The normalized spacial score (nSPS) is 59.8. The van der Waals surface area contributed by atoms with Crippen molar-refractivity contribution in [1.29, 1.82) is 0 Å². The van der Waals surface area contributed by atoms with E-state index in [4.69, 9.17) is 9.47 Å². The van der Waals surface area contributed by atoms with Gasteiger partial charge in [-0.3, -0.25) is 0 Å². The molecule has 0 N–H and O–H groups in total. The molecular weight excluding hydrogens is 152 g/mol. The molecule has 0 radical (unpaired) electrons. The van der Waals surface area contributed by atoms with Crippen molar-refractivity contribution < 1.29 is 9.47 Å². The van der Waals surface area contributed by atoms with Gasteiger partial charge in [-0.15, -0.1) is 0 Å². The zero-order valence-electron chi connectivity index (χ0n) is 7.96. The lowest BCUT2D eigenvalue weighted by molar-refractivity contribution is -0.414. The predicted octanol–water partition coefficient (Wildman–Crippen LogP) is 1.94. The molecular formula is C10H16O2. The third-order valence-electron chi connectivity index (χ3n) is 3.93. The van der Waals surface area contributed by atoms with Gasteiger partial charge < -0.3 is 9.47 Å². The molecule has 4 aliphatic heterocycles. The molecule has 0 aromatic heterocycles. The summed E-state index contributed by atoms with van der Waals surface area (Å²) in [5, 5.41) is 0. The van der Waals surface area contributed by atoms with Crippen LogP contribution in [0.2, 0.25) is 0 Å². The molecule has 0 aromatic carbocycles. The molecule has 4 saturated heterocycles. The highest BCUT2D eigenvalue weighted by Crippen LogP contribution is 2.64. The Morgan fingerprint density at radius 3 is 2.33 bits per heavy atom. The van der Waals surface area contributed by atoms with Crippen LogP contribution in [0, 0.1) is 11.3 Å². The van der Waals surface area contributed by atoms with E-state index in [1.165, 1.54) is 6.42 Å². The number of hydrogen-bond acceptors (Lipinski definition) is 2. The highest BCUT2D eigenvalue weighted by Gasteiger charge is 2.66. The summed E-state index contributed by atoms with van der Waals surface area (Å²) in [5.41, 5.74) is 0.578. The molecule has 0 aromatic rings. The molecule has 1 unspecified atom stereocenters. The fraction of sp³-hybridized carbons (Fsp3) is 1.00. The van der Waals surface area contributed by atoms with E-state index >= 15 is 0 Å². The van der Waals surface area contributed by atoms with Crippen LogP contribution >= 0.6 is 0 Å². The van der Waals surface area contributed by atoms with Gasteiger partial charge in [0.25, 0.3) is 0 Å². The predicted molar refractivity (Wildman–Crippen MR) is 44.7 cm³/mol. The maximum atomic E-state index is 5.82. The Morgan fingerprint density at radius 1 is 1.17 bits per heavy atom. The van der Waals surface area contributed by atoms with Crippen molar-refractivity contribution in [3.05, 3.63) is 0 Å². The third-order valence-corrected chi connectivity index (χ3v) is 3.93. The second-order valence-corrected chi connectivity index (χ2v) is 5.37. The van der Waals surface area contributed by atoms with Crippen LogP contribution in [0.3, 0.4) is 0 Å². The van der Waals surface area contributed by atoms with E-state index in [-0.39, 0.29) is 11.9 Å². The van der Waals surface area contributed by atoms with Gasteiger partial charge in [-0.1, -0.05) is 6.92 Å². The topological polar surface area (TPSA) is 18.5 Å². The molecule has 4 bridgehead atoms. The Morgan fingerprint density at radius 2 is 1.92 bits per heavy atom. The fourth-order valence-corrected chi connectivity index (χ4v) is 3.72. The minimum Gasteiger partial charge on any atom is -0.349 e. The van der Waals surface area contributed by atoms with Crippen LogP contribution in [-0.4, -0.2) is 18.0 Å². The molecule has 5 fully saturated rings. The molecule has 12 heavy (non-hydrogen) atoms. The van der Waals surface area contributed by atoms with Gasteiger partial charge in [0.05, 0.1) is 11.7 Å². The van der Waals surface area contributed by atoms with E-state index in [1.54, 1.807) is 0 Å². The van der Waals surface area contributed by atoms with Crippen LogP contribution in [-0.2, 0) is 9.47 Å². The van der Waals surface area contributed by atoms with Gasteiger partial charge in [0.2, 0.25) is 0 Å². The average Bonchev–Trinajstić information content (AvgIpc) is 1.78. The van der Waals surface area contributed by atoms with E-state index in [1.807, 2.05) is 0 Å². The summed E-state index contributed by atoms with van der Waals surface area (Å²) in [6, 6.07) is 0. The molecule has 2 heteroatoms. The van der Waals surface area contributed by atoms with E-state index in [0.717, 1.165) is 6.42 Å². The van der Waals surface area contributed by atoms with Crippen molar-refractivity contribution in [2.75, 3.05) is 0 Å². The summed E-state index contributed by atoms with van der Waals surface area (Å²) in [6.07, 6.45) is 2.95. The Kier molecular flexibility index (Phi) is 1.06. The van der Waals surface area contributed by atoms with Crippen molar-refractivity contribution in [1.82, 2.24) is 0 Å². The van der Waals surface area contributed by atoms with Gasteiger partial charge in [0, 0.05) is 12.3 Å². The highest BCUT2D eigenvalue weighted by molar-refractivity contribution is 5.12. The van der Waals surface area contributed by atoms with E-state index in [0.29, 0.717) is 17.4 Å². The molecule has 4 atom stereocenters. The molecule has 0 amide bonds. The Hall–Kier alpha value is -0.0800. The van der Waals surface area contributed by atoms with Crippen molar-refractivity contribution in [3.8, 4) is 0 Å². The second kappa shape index (κ2) is 1.73. The summed E-state index contributed by atoms with van der Waals surface area (Å²) in [6.45, 7) is 6.79. The lowest BCUT2D eigenvalue weighted by Gasteiger charge is -2.68. The largest absolute Gasteiger partial charge is 0.349 e. The second-order valence-electron chi connectivity index (χ2n) is 5.37. The number of hydrogen-bond donors (Lipinski definition) is 0. The minimum absolute atomic E-state index is 0.0544. The first-order valence-corrected chi connectivity index (χ1v) is 4.85. The number of rotatable bonds is 0. The summed E-state index contributed by atoms with van der Waals surface area (Å²) in [7, 11) is 0. The van der Waals surface area contributed by atoms with E-state index in [2.05, 4.69) is 20.8 Å². The monoisotopic (exact) mass is 168 g/mol. The fourth-order valence-electron chi connectivity index (χ4n) is 3.72. The zero-order chi connectivity index (χ0) is 8.56. The molecule has 1 saturated carbocycles. The van der Waals surface area contributed by atoms with Crippen LogP contribution in [0.1, 0.15) is 33.6 Å². The maximum absolute atomic E-state index is 5.82.